The molecule has 0 atom stereocenters. The molecule has 1 aromatic rings. The van der Waals surface area contributed by atoms with Gasteiger partial charge in [0.15, 0.2) is 0 Å². The third-order valence-corrected chi connectivity index (χ3v) is 5.37. The summed E-state index contributed by atoms with van der Waals surface area (Å²) in [6, 6.07) is 6.73. The fraction of sp³-hybridized carbons (Fsp3) is 0.227. The van der Waals surface area contributed by atoms with Crippen LogP contribution in [0.4, 0.5) is 0 Å². The zero-order valence-electron chi connectivity index (χ0n) is 15.0. The maximum atomic E-state index is 6.12. The molecule has 3 N–H and O–H groups in total. The van der Waals surface area contributed by atoms with Gasteiger partial charge in [0.1, 0.15) is 0 Å². The number of hydrogen-bond donors (Lipinski definition) is 2. The molecule has 2 aliphatic heterocycles. The average molecular weight is 344 g/mol. The molecule has 0 saturated carbocycles. The van der Waals surface area contributed by atoms with Crippen molar-refractivity contribution in [2.24, 2.45) is 10.7 Å². The molecule has 1 aromatic carbocycles. The lowest BCUT2D eigenvalue weighted by Gasteiger charge is -2.39. The van der Waals surface area contributed by atoms with Crippen molar-refractivity contribution in [3.8, 4) is 0 Å². The van der Waals surface area contributed by atoms with E-state index in [0.717, 1.165) is 66.4 Å². The van der Waals surface area contributed by atoms with E-state index in [1.54, 1.807) is 0 Å². The first-order valence-corrected chi connectivity index (χ1v) is 8.91. The maximum absolute atomic E-state index is 6.12. The van der Waals surface area contributed by atoms with Crippen LogP contribution in [0, 0.1) is 0 Å². The summed E-state index contributed by atoms with van der Waals surface area (Å²) in [5.41, 5.74) is 16.0. The first-order valence-electron chi connectivity index (χ1n) is 8.91. The number of fused-ring (bicyclic) bond motifs is 1. The largest absolute Gasteiger partial charge is 0.397 e. The number of nitrogens with two attached hydrogens (primary N) is 1. The molecule has 0 spiro atoms. The molecule has 0 saturated heterocycles. The standard InChI is InChI=1S/C22H24N4/c1-14-15(2)22(21(14)23)26-9-7-18-5-4-17(10-20(18)13-26)11-25-16(3)19-6-8-24-12-19/h4-6,8,10,25H,1-3,7,9,11-13,23H2. The number of nitrogens with one attached hydrogen (secondary N) is 1. The van der Waals surface area contributed by atoms with Gasteiger partial charge in [-0.05, 0) is 34.8 Å². The van der Waals surface area contributed by atoms with Crippen molar-refractivity contribution in [1.29, 1.82) is 0 Å². The van der Waals surface area contributed by atoms with Gasteiger partial charge in [-0.1, -0.05) is 37.9 Å². The summed E-state index contributed by atoms with van der Waals surface area (Å²) in [4.78, 5) is 6.53. The van der Waals surface area contributed by atoms with Gasteiger partial charge in [0.25, 0.3) is 0 Å². The Balaban J connectivity index is 1.45. The second-order valence-electron chi connectivity index (χ2n) is 7.01. The highest BCUT2D eigenvalue weighted by atomic mass is 15.2. The number of hydrogen-bond acceptors (Lipinski definition) is 4. The summed E-state index contributed by atoms with van der Waals surface area (Å²) in [7, 11) is 0. The molecule has 0 fully saturated rings. The van der Waals surface area contributed by atoms with Gasteiger partial charge in [0.2, 0.25) is 0 Å². The number of aliphatic imine (C=N–C) groups is 1. The van der Waals surface area contributed by atoms with E-state index in [1.807, 2.05) is 12.3 Å². The summed E-state index contributed by atoms with van der Waals surface area (Å²) in [6.45, 7) is 15.5. The van der Waals surface area contributed by atoms with E-state index in [4.69, 9.17) is 5.73 Å². The molecule has 4 nitrogen and oxygen atoms in total. The highest BCUT2D eigenvalue weighted by molar-refractivity contribution is 5.76. The van der Waals surface area contributed by atoms with Gasteiger partial charge in [0.05, 0.1) is 17.9 Å². The van der Waals surface area contributed by atoms with E-state index < -0.39 is 0 Å². The van der Waals surface area contributed by atoms with Crippen LogP contribution in [-0.2, 0) is 19.5 Å². The summed E-state index contributed by atoms with van der Waals surface area (Å²) in [5.74, 6) is 0. The average Bonchev–Trinajstić information content (AvgIpc) is 3.20. The zero-order valence-corrected chi connectivity index (χ0v) is 15.0. The predicted molar refractivity (Wildman–Crippen MR) is 107 cm³/mol. The molecular formula is C22H24N4. The fourth-order valence-electron chi connectivity index (χ4n) is 3.69. The van der Waals surface area contributed by atoms with E-state index in [0.29, 0.717) is 0 Å². The molecule has 0 bridgehead atoms. The Morgan fingerprint density at radius 3 is 2.81 bits per heavy atom. The van der Waals surface area contributed by atoms with Crippen molar-refractivity contribution in [2.75, 3.05) is 13.1 Å². The van der Waals surface area contributed by atoms with Gasteiger partial charge in [-0.2, -0.15) is 0 Å². The minimum Gasteiger partial charge on any atom is -0.397 e. The molecule has 0 unspecified atom stereocenters. The van der Waals surface area contributed by atoms with E-state index in [2.05, 4.69) is 53.1 Å². The lowest BCUT2D eigenvalue weighted by atomic mass is 9.87. The number of benzene rings is 1. The Kier molecular flexibility index (Phi) is 4.03. The first kappa shape index (κ1) is 16.5. The van der Waals surface area contributed by atoms with Gasteiger partial charge in [-0.15, -0.1) is 0 Å². The molecular weight excluding hydrogens is 320 g/mol. The van der Waals surface area contributed by atoms with Crippen molar-refractivity contribution in [3.63, 3.8) is 0 Å². The van der Waals surface area contributed by atoms with Crippen LogP contribution in [0.15, 0.2) is 82.8 Å². The van der Waals surface area contributed by atoms with Gasteiger partial charge >= 0.3 is 0 Å². The first-order chi connectivity index (χ1) is 12.5. The fourth-order valence-corrected chi connectivity index (χ4v) is 3.69. The number of rotatable bonds is 5. The van der Waals surface area contributed by atoms with E-state index in [1.165, 1.54) is 16.7 Å². The second-order valence-corrected chi connectivity index (χ2v) is 7.01. The summed E-state index contributed by atoms with van der Waals surface area (Å²) >= 11 is 0. The SMILES string of the molecule is C=C(NCc1ccc2c(c1)CN(C1=C(N)C(=C)C1=C)CC2)C1=CC=NC1. The Morgan fingerprint density at radius 2 is 2.08 bits per heavy atom. The molecule has 2 heterocycles. The molecule has 1 aliphatic carbocycles. The number of allylic oxidation sites excluding steroid dienone is 3. The monoisotopic (exact) mass is 344 g/mol. The molecule has 4 heteroatoms. The Morgan fingerprint density at radius 1 is 1.23 bits per heavy atom. The topological polar surface area (TPSA) is 53.6 Å². The van der Waals surface area contributed by atoms with Crippen LogP contribution in [-0.4, -0.2) is 24.2 Å². The molecule has 3 aliphatic rings. The van der Waals surface area contributed by atoms with Crippen LogP contribution in [0.25, 0.3) is 0 Å². The van der Waals surface area contributed by atoms with Crippen LogP contribution >= 0.6 is 0 Å². The molecule has 132 valence electrons. The van der Waals surface area contributed by atoms with Crippen LogP contribution in [0.1, 0.15) is 16.7 Å². The van der Waals surface area contributed by atoms with Crippen LogP contribution in [0.2, 0.25) is 0 Å². The minimum absolute atomic E-state index is 0.719. The van der Waals surface area contributed by atoms with Crippen LogP contribution in [0.3, 0.4) is 0 Å². The van der Waals surface area contributed by atoms with Gasteiger partial charge < -0.3 is 16.0 Å². The minimum atomic E-state index is 0.719. The lowest BCUT2D eigenvalue weighted by molar-refractivity contribution is 0.320. The molecule has 26 heavy (non-hydrogen) atoms. The smallest absolute Gasteiger partial charge is 0.0683 e. The molecule has 0 aromatic heterocycles. The summed E-state index contributed by atoms with van der Waals surface area (Å²) in [5, 5.41) is 3.41. The van der Waals surface area contributed by atoms with Gasteiger partial charge in [-0.3, -0.25) is 4.99 Å². The van der Waals surface area contributed by atoms with Crippen molar-refractivity contribution >= 4 is 6.21 Å². The normalized spacial score (nSPS) is 18.6. The van der Waals surface area contributed by atoms with Crippen molar-refractivity contribution in [3.05, 3.63) is 94.5 Å². The van der Waals surface area contributed by atoms with Gasteiger partial charge in [-0.25, -0.2) is 0 Å². The third kappa shape index (κ3) is 2.77. The lowest BCUT2D eigenvalue weighted by Crippen LogP contribution is -2.37. The maximum Gasteiger partial charge on any atom is 0.0683 e. The van der Waals surface area contributed by atoms with Gasteiger partial charge in [0, 0.05) is 42.7 Å². The highest BCUT2D eigenvalue weighted by Crippen LogP contribution is 2.38. The van der Waals surface area contributed by atoms with Crippen molar-refractivity contribution < 1.29 is 0 Å². The summed E-state index contributed by atoms with van der Waals surface area (Å²) < 4.78 is 0. The highest BCUT2D eigenvalue weighted by Gasteiger charge is 2.30. The molecule has 0 radical (unpaired) electrons. The Hall–Kier alpha value is -3.01. The van der Waals surface area contributed by atoms with Crippen molar-refractivity contribution in [2.45, 2.75) is 19.5 Å². The van der Waals surface area contributed by atoms with Crippen LogP contribution in [0.5, 0.6) is 0 Å². The Bertz CT molecular complexity index is 914. The second kappa shape index (κ2) is 6.37. The van der Waals surface area contributed by atoms with Crippen LogP contribution < -0.4 is 11.1 Å². The predicted octanol–water partition coefficient (Wildman–Crippen LogP) is 2.96. The Labute approximate surface area is 154 Å². The quantitative estimate of drug-likeness (QED) is 0.863. The number of nitrogens with zero attached hydrogens (tertiary/aromatic N) is 2. The zero-order chi connectivity index (χ0) is 18.3. The molecule has 4 rings (SSSR count). The van der Waals surface area contributed by atoms with E-state index in [9.17, 15) is 0 Å². The molecule has 0 amide bonds. The summed E-state index contributed by atoms with van der Waals surface area (Å²) in [6.07, 6.45) is 4.87. The van der Waals surface area contributed by atoms with E-state index >= 15 is 0 Å². The third-order valence-electron chi connectivity index (χ3n) is 5.37. The van der Waals surface area contributed by atoms with E-state index in [-0.39, 0.29) is 0 Å². The van der Waals surface area contributed by atoms with Crippen molar-refractivity contribution in [1.82, 2.24) is 10.2 Å².